The first-order valence-corrected chi connectivity index (χ1v) is 5.86. The molecular weight excluding hydrogens is 277 g/mol. The van der Waals surface area contributed by atoms with E-state index in [1.165, 1.54) is 0 Å². The van der Waals surface area contributed by atoms with Gasteiger partial charge >= 0.3 is 15.8 Å². The van der Waals surface area contributed by atoms with E-state index in [1.54, 1.807) is 0 Å². The van der Waals surface area contributed by atoms with Crippen LogP contribution in [0.25, 0.3) is 0 Å². The largest absolute Gasteiger partial charge is 0.321 e. The number of hydrogen-bond donors (Lipinski definition) is 1. The molecule has 0 saturated carbocycles. The van der Waals surface area contributed by atoms with E-state index in [9.17, 15) is 18.5 Å². The first-order valence-electron chi connectivity index (χ1n) is 2.84. The third-order valence-electron chi connectivity index (χ3n) is 1.20. The molecule has 0 fully saturated rings. The number of nitrogens with zero attached hydrogens (tertiary/aromatic N) is 1. The Morgan fingerprint density at radius 3 is 2.14 bits per heavy atom. The van der Waals surface area contributed by atoms with Crippen molar-refractivity contribution in [1.82, 2.24) is 0 Å². The van der Waals surface area contributed by atoms with Crippen LogP contribution in [0.2, 0.25) is 8.67 Å². The Hall–Kier alpha value is -0.410. The van der Waals surface area contributed by atoms with Crippen molar-refractivity contribution in [3.05, 3.63) is 18.8 Å². The predicted octanol–water partition coefficient (Wildman–Crippen LogP) is 2.21. The second-order valence-electron chi connectivity index (χ2n) is 2.06. The van der Waals surface area contributed by atoms with E-state index in [4.69, 9.17) is 27.8 Å². The topological polar surface area (TPSA) is 97.5 Å². The van der Waals surface area contributed by atoms with Gasteiger partial charge in [0.25, 0.3) is 0 Å². The molecule has 0 unspecified atom stereocenters. The summed E-state index contributed by atoms with van der Waals surface area (Å²) in [5.41, 5.74) is -0.899. The highest BCUT2D eigenvalue weighted by Crippen LogP contribution is 2.44. The number of hydrogen-bond acceptors (Lipinski definition) is 5. The minimum Gasteiger partial charge on any atom is -0.282 e. The molecule has 1 rings (SSSR count). The van der Waals surface area contributed by atoms with Crippen LogP contribution in [0.4, 0.5) is 5.69 Å². The van der Waals surface area contributed by atoms with Crippen LogP contribution in [-0.2, 0) is 10.1 Å². The van der Waals surface area contributed by atoms with Gasteiger partial charge in [-0.25, -0.2) is 0 Å². The van der Waals surface area contributed by atoms with Crippen molar-refractivity contribution in [2.45, 2.75) is 4.90 Å². The first kappa shape index (κ1) is 11.7. The summed E-state index contributed by atoms with van der Waals surface area (Å²) in [4.78, 5) is 8.42. The van der Waals surface area contributed by atoms with E-state index >= 15 is 0 Å². The lowest BCUT2D eigenvalue weighted by atomic mass is 10.5. The molecule has 1 heterocycles. The maximum atomic E-state index is 10.7. The molecule has 0 atom stereocenters. The molecular formula is C4HCl2NO5S2. The fourth-order valence-electron chi connectivity index (χ4n) is 0.734. The molecule has 1 aromatic rings. The first-order chi connectivity index (χ1) is 6.25. The van der Waals surface area contributed by atoms with E-state index in [0.717, 1.165) is 0 Å². The molecule has 1 N–H and O–H groups in total. The highest BCUT2D eigenvalue weighted by atomic mass is 35.5. The number of halogens is 2. The quantitative estimate of drug-likeness (QED) is 0.508. The molecule has 0 bridgehead atoms. The molecule has 1 aromatic heterocycles. The van der Waals surface area contributed by atoms with Gasteiger partial charge in [0.05, 0.1) is 4.92 Å². The summed E-state index contributed by atoms with van der Waals surface area (Å²) in [7, 11) is -4.74. The van der Waals surface area contributed by atoms with Gasteiger partial charge in [-0.05, 0) is 0 Å². The van der Waals surface area contributed by atoms with Gasteiger partial charge in [0.2, 0.25) is 4.90 Å². The van der Waals surface area contributed by atoms with E-state index in [2.05, 4.69) is 0 Å². The minimum atomic E-state index is -4.74. The molecule has 14 heavy (non-hydrogen) atoms. The standard InChI is InChI=1S/C4HCl2NO5S2/c5-3-1(7(8)9)2(4(6)13-3)14(10,11)12/h(H,10,11,12). The SMILES string of the molecule is O=[N+]([O-])c1c(Cl)sc(Cl)c1S(=O)(=O)O. The summed E-state index contributed by atoms with van der Waals surface area (Å²) in [6, 6.07) is 0. The maximum absolute atomic E-state index is 10.7. The van der Waals surface area contributed by atoms with E-state index in [1.807, 2.05) is 0 Å². The van der Waals surface area contributed by atoms with Crippen molar-refractivity contribution in [2.24, 2.45) is 0 Å². The third kappa shape index (κ3) is 1.98. The average Bonchev–Trinajstić information content (AvgIpc) is 2.23. The van der Waals surface area contributed by atoms with Gasteiger partial charge in [0, 0.05) is 0 Å². The fraction of sp³-hybridized carbons (Fsp3) is 0. The predicted molar refractivity (Wildman–Crippen MR) is 50.8 cm³/mol. The molecule has 0 aliphatic rings. The van der Waals surface area contributed by atoms with Gasteiger partial charge in [-0.3, -0.25) is 14.7 Å². The number of thiophene rings is 1. The lowest BCUT2D eigenvalue weighted by Crippen LogP contribution is -2.01. The molecule has 0 spiro atoms. The summed E-state index contributed by atoms with van der Waals surface area (Å²) in [6.07, 6.45) is 0. The zero-order chi connectivity index (χ0) is 11.1. The molecule has 0 saturated heterocycles. The highest BCUT2D eigenvalue weighted by Gasteiger charge is 2.33. The number of nitro groups is 1. The molecule has 6 nitrogen and oxygen atoms in total. The average molecular weight is 278 g/mol. The molecule has 0 aromatic carbocycles. The zero-order valence-electron chi connectivity index (χ0n) is 6.10. The second kappa shape index (κ2) is 3.63. The van der Waals surface area contributed by atoms with Crippen molar-refractivity contribution < 1.29 is 17.9 Å². The van der Waals surface area contributed by atoms with Crippen LogP contribution in [0.5, 0.6) is 0 Å². The fourth-order valence-corrected chi connectivity index (χ4v) is 3.67. The summed E-state index contributed by atoms with van der Waals surface area (Å²) in [5, 5.41) is 10.4. The molecule has 0 amide bonds. The third-order valence-corrected chi connectivity index (χ3v) is 3.94. The zero-order valence-corrected chi connectivity index (χ0v) is 9.24. The maximum Gasteiger partial charge on any atom is 0.321 e. The van der Waals surface area contributed by atoms with Crippen LogP contribution in [-0.4, -0.2) is 17.9 Å². The summed E-state index contributed by atoms with van der Waals surface area (Å²) in [6.45, 7) is 0. The van der Waals surface area contributed by atoms with Gasteiger partial charge in [-0.2, -0.15) is 8.42 Å². The van der Waals surface area contributed by atoms with Crippen molar-refractivity contribution in [2.75, 3.05) is 0 Å². The minimum absolute atomic E-state index is 0.396. The molecule has 0 aliphatic heterocycles. The van der Waals surface area contributed by atoms with Crippen LogP contribution in [0.3, 0.4) is 0 Å². The van der Waals surface area contributed by atoms with E-state index in [-0.39, 0.29) is 0 Å². The Morgan fingerprint density at radius 2 is 1.86 bits per heavy atom. The Labute approximate surface area is 92.0 Å². The lowest BCUT2D eigenvalue weighted by molar-refractivity contribution is -0.387. The van der Waals surface area contributed by atoms with Gasteiger partial charge < -0.3 is 0 Å². The molecule has 0 aliphatic carbocycles. The van der Waals surface area contributed by atoms with Crippen molar-refractivity contribution in [3.8, 4) is 0 Å². The Bertz CT molecular complexity index is 492. The summed E-state index contributed by atoms with van der Waals surface area (Å²) < 4.78 is 29.2. The number of rotatable bonds is 2. The Balaban J connectivity index is 3.65. The molecule has 78 valence electrons. The summed E-state index contributed by atoms with van der Waals surface area (Å²) >= 11 is 11.2. The van der Waals surface area contributed by atoms with Gasteiger partial charge in [0.1, 0.15) is 4.34 Å². The monoisotopic (exact) mass is 277 g/mol. The van der Waals surface area contributed by atoms with Crippen molar-refractivity contribution in [3.63, 3.8) is 0 Å². The van der Waals surface area contributed by atoms with Crippen LogP contribution >= 0.6 is 34.5 Å². The molecule has 10 heteroatoms. The lowest BCUT2D eigenvalue weighted by Gasteiger charge is -1.93. The van der Waals surface area contributed by atoms with Gasteiger partial charge in [-0.15, -0.1) is 11.3 Å². The van der Waals surface area contributed by atoms with E-state index in [0.29, 0.717) is 11.3 Å². The van der Waals surface area contributed by atoms with Crippen LogP contribution in [0.1, 0.15) is 0 Å². The van der Waals surface area contributed by atoms with Crippen LogP contribution in [0.15, 0.2) is 4.90 Å². The smallest absolute Gasteiger partial charge is 0.282 e. The second-order valence-corrected chi connectivity index (χ2v) is 5.64. The summed E-state index contributed by atoms with van der Waals surface area (Å²) in [5.74, 6) is 0. The van der Waals surface area contributed by atoms with Crippen molar-refractivity contribution in [1.29, 1.82) is 0 Å². The Morgan fingerprint density at radius 1 is 1.36 bits per heavy atom. The van der Waals surface area contributed by atoms with Gasteiger partial charge in [0.15, 0.2) is 4.34 Å². The van der Waals surface area contributed by atoms with Crippen molar-refractivity contribution >= 4 is 50.3 Å². The van der Waals surface area contributed by atoms with E-state index < -0.39 is 34.3 Å². The molecule has 0 radical (unpaired) electrons. The van der Waals surface area contributed by atoms with Crippen LogP contribution in [0, 0.1) is 10.1 Å². The highest BCUT2D eigenvalue weighted by molar-refractivity contribution is 7.86. The normalized spacial score (nSPS) is 11.6. The van der Waals surface area contributed by atoms with Crippen LogP contribution < -0.4 is 0 Å². The Kier molecular flexibility index (Phi) is 3.02. The van der Waals surface area contributed by atoms with Gasteiger partial charge in [-0.1, -0.05) is 23.2 Å².